The van der Waals surface area contributed by atoms with E-state index in [-0.39, 0.29) is 0 Å². The Morgan fingerprint density at radius 1 is 1.56 bits per heavy atom. The van der Waals surface area contributed by atoms with Crippen molar-refractivity contribution in [1.29, 1.82) is 0 Å². The number of nitrogens with one attached hydrogen (secondary N) is 2. The lowest BCUT2D eigenvalue weighted by atomic mass is 10.2. The van der Waals surface area contributed by atoms with Crippen LogP contribution in [0.25, 0.3) is 0 Å². The zero-order chi connectivity index (χ0) is 11.2. The molecule has 0 aromatic carbocycles. The Kier molecular flexibility index (Phi) is 4.33. The van der Waals surface area contributed by atoms with Gasteiger partial charge >= 0.3 is 0 Å². The van der Waals surface area contributed by atoms with Gasteiger partial charge in [0, 0.05) is 44.0 Å². The van der Waals surface area contributed by atoms with Gasteiger partial charge in [-0.2, -0.15) is 5.10 Å². The molecular formula is C11H20N4O. The van der Waals surface area contributed by atoms with Gasteiger partial charge in [-0.1, -0.05) is 0 Å². The van der Waals surface area contributed by atoms with Crippen LogP contribution in [0.1, 0.15) is 12.5 Å². The third-order valence-electron chi connectivity index (χ3n) is 2.85. The number of aromatic nitrogens is 2. The van der Waals surface area contributed by atoms with Gasteiger partial charge in [0.25, 0.3) is 0 Å². The molecule has 0 spiro atoms. The highest BCUT2D eigenvalue weighted by atomic mass is 16.5. The smallest absolute Gasteiger partial charge is 0.0594 e. The third kappa shape index (κ3) is 3.59. The minimum absolute atomic E-state index is 0.494. The molecule has 90 valence electrons. The minimum Gasteiger partial charge on any atom is -0.379 e. The molecule has 5 nitrogen and oxygen atoms in total. The molecule has 16 heavy (non-hydrogen) atoms. The number of morpholine rings is 1. The van der Waals surface area contributed by atoms with Gasteiger partial charge in [-0.05, 0) is 6.92 Å². The lowest BCUT2D eigenvalue weighted by Crippen LogP contribution is -2.44. The topological polar surface area (TPSA) is 53.2 Å². The van der Waals surface area contributed by atoms with Crippen molar-refractivity contribution < 1.29 is 4.74 Å². The molecule has 1 unspecified atom stereocenters. The molecule has 1 atom stereocenters. The molecule has 5 heteroatoms. The number of nitrogens with zero attached hydrogens (tertiary/aromatic N) is 2. The number of hydrogen-bond acceptors (Lipinski definition) is 4. The van der Waals surface area contributed by atoms with Gasteiger partial charge < -0.3 is 10.1 Å². The molecule has 0 amide bonds. The van der Waals surface area contributed by atoms with Crippen molar-refractivity contribution in [3.05, 3.63) is 18.0 Å². The maximum atomic E-state index is 5.33. The second-order valence-corrected chi connectivity index (χ2v) is 4.30. The fourth-order valence-corrected chi connectivity index (χ4v) is 1.90. The first-order valence-corrected chi connectivity index (χ1v) is 5.86. The fraction of sp³-hybridized carbons (Fsp3) is 0.727. The van der Waals surface area contributed by atoms with Gasteiger partial charge in [0.05, 0.1) is 19.4 Å². The van der Waals surface area contributed by atoms with Gasteiger partial charge in [0.15, 0.2) is 0 Å². The molecule has 1 aromatic heterocycles. The molecule has 2 rings (SSSR count). The van der Waals surface area contributed by atoms with E-state index in [1.807, 2.05) is 12.4 Å². The Morgan fingerprint density at radius 3 is 3.06 bits per heavy atom. The highest BCUT2D eigenvalue weighted by Crippen LogP contribution is 1.99. The SMILES string of the molecule is CC(CN1CCOCC1)NCc1cn[nH]c1. The average Bonchev–Trinajstić information content (AvgIpc) is 2.81. The number of hydrogen-bond donors (Lipinski definition) is 2. The Bertz CT molecular complexity index is 282. The summed E-state index contributed by atoms with van der Waals surface area (Å²) in [6, 6.07) is 0.494. The first kappa shape index (κ1) is 11.6. The van der Waals surface area contributed by atoms with E-state index in [4.69, 9.17) is 4.74 Å². The van der Waals surface area contributed by atoms with E-state index in [1.165, 1.54) is 5.56 Å². The summed E-state index contributed by atoms with van der Waals surface area (Å²) in [5.41, 5.74) is 1.20. The zero-order valence-corrected chi connectivity index (χ0v) is 9.78. The second kappa shape index (κ2) is 5.98. The van der Waals surface area contributed by atoms with Crippen molar-refractivity contribution in [2.75, 3.05) is 32.8 Å². The molecule has 0 aliphatic carbocycles. The minimum atomic E-state index is 0.494. The number of H-pyrrole nitrogens is 1. The lowest BCUT2D eigenvalue weighted by Gasteiger charge is -2.29. The molecule has 0 radical (unpaired) electrons. The van der Waals surface area contributed by atoms with Crippen molar-refractivity contribution in [2.45, 2.75) is 19.5 Å². The molecule has 1 aliphatic rings. The van der Waals surface area contributed by atoms with Crippen LogP contribution in [0.5, 0.6) is 0 Å². The molecule has 1 aromatic rings. The first-order valence-electron chi connectivity index (χ1n) is 5.86. The predicted molar refractivity (Wildman–Crippen MR) is 62.1 cm³/mol. The van der Waals surface area contributed by atoms with Crippen molar-refractivity contribution in [3.8, 4) is 0 Å². The van der Waals surface area contributed by atoms with Crippen LogP contribution in [-0.4, -0.2) is 54.0 Å². The largest absolute Gasteiger partial charge is 0.379 e. The normalized spacial score (nSPS) is 19.8. The summed E-state index contributed by atoms with van der Waals surface area (Å²) < 4.78 is 5.33. The van der Waals surface area contributed by atoms with Gasteiger partial charge in [0.1, 0.15) is 0 Å². The van der Waals surface area contributed by atoms with Crippen LogP contribution in [0.4, 0.5) is 0 Å². The van der Waals surface area contributed by atoms with E-state index >= 15 is 0 Å². The number of aromatic amines is 1. The zero-order valence-electron chi connectivity index (χ0n) is 9.78. The van der Waals surface area contributed by atoms with Crippen molar-refractivity contribution in [1.82, 2.24) is 20.4 Å². The van der Waals surface area contributed by atoms with Crippen molar-refractivity contribution >= 4 is 0 Å². The summed E-state index contributed by atoms with van der Waals surface area (Å²) in [5.74, 6) is 0. The molecule has 0 saturated carbocycles. The van der Waals surface area contributed by atoms with Gasteiger partial charge in [0.2, 0.25) is 0 Å². The lowest BCUT2D eigenvalue weighted by molar-refractivity contribution is 0.0343. The molecule has 2 N–H and O–H groups in total. The van der Waals surface area contributed by atoms with Crippen molar-refractivity contribution in [3.63, 3.8) is 0 Å². The summed E-state index contributed by atoms with van der Waals surface area (Å²) in [6.07, 6.45) is 3.78. The van der Waals surface area contributed by atoms with Gasteiger partial charge in [-0.25, -0.2) is 0 Å². The van der Waals surface area contributed by atoms with Crippen LogP contribution < -0.4 is 5.32 Å². The number of ether oxygens (including phenoxy) is 1. The summed E-state index contributed by atoms with van der Waals surface area (Å²) in [5, 5.41) is 10.2. The summed E-state index contributed by atoms with van der Waals surface area (Å²) in [6.45, 7) is 8.02. The van der Waals surface area contributed by atoms with Gasteiger partial charge in [-0.3, -0.25) is 10.00 Å². The van der Waals surface area contributed by atoms with Crippen molar-refractivity contribution in [2.24, 2.45) is 0 Å². The first-order chi connectivity index (χ1) is 7.84. The molecule has 2 heterocycles. The second-order valence-electron chi connectivity index (χ2n) is 4.30. The summed E-state index contributed by atoms with van der Waals surface area (Å²) in [7, 11) is 0. The fourth-order valence-electron chi connectivity index (χ4n) is 1.90. The monoisotopic (exact) mass is 224 g/mol. The molecular weight excluding hydrogens is 204 g/mol. The van der Waals surface area contributed by atoms with Crippen LogP contribution in [0.15, 0.2) is 12.4 Å². The van der Waals surface area contributed by atoms with Crippen LogP contribution in [0, 0.1) is 0 Å². The molecule has 1 fully saturated rings. The molecule has 1 saturated heterocycles. The van der Waals surface area contributed by atoms with Gasteiger partial charge in [-0.15, -0.1) is 0 Å². The van der Waals surface area contributed by atoms with E-state index in [0.717, 1.165) is 39.4 Å². The Balaban J connectivity index is 1.65. The third-order valence-corrected chi connectivity index (χ3v) is 2.85. The van der Waals surface area contributed by atoms with E-state index in [1.54, 1.807) is 0 Å². The molecule has 1 aliphatic heterocycles. The van der Waals surface area contributed by atoms with E-state index in [9.17, 15) is 0 Å². The highest BCUT2D eigenvalue weighted by Gasteiger charge is 2.13. The Hall–Kier alpha value is -0.910. The predicted octanol–water partition coefficient (Wildman–Crippen LogP) is 0.220. The number of rotatable bonds is 5. The average molecular weight is 224 g/mol. The van der Waals surface area contributed by atoms with E-state index in [0.29, 0.717) is 6.04 Å². The van der Waals surface area contributed by atoms with Crippen LogP contribution in [0.3, 0.4) is 0 Å². The van der Waals surface area contributed by atoms with Crippen LogP contribution >= 0.6 is 0 Å². The molecule has 0 bridgehead atoms. The Morgan fingerprint density at radius 2 is 2.38 bits per heavy atom. The highest BCUT2D eigenvalue weighted by molar-refractivity contribution is 5.01. The van der Waals surface area contributed by atoms with E-state index in [2.05, 4.69) is 27.3 Å². The van der Waals surface area contributed by atoms with E-state index < -0.39 is 0 Å². The van der Waals surface area contributed by atoms with Crippen LogP contribution in [0.2, 0.25) is 0 Å². The Labute approximate surface area is 96.2 Å². The summed E-state index contributed by atoms with van der Waals surface area (Å²) in [4.78, 5) is 2.44. The van der Waals surface area contributed by atoms with Crippen LogP contribution in [-0.2, 0) is 11.3 Å². The maximum Gasteiger partial charge on any atom is 0.0594 e. The maximum absolute atomic E-state index is 5.33. The quantitative estimate of drug-likeness (QED) is 0.751. The standard InChI is InChI=1S/C11H20N4O/c1-10(9-15-2-4-16-5-3-15)12-6-11-7-13-14-8-11/h7-8,10,12H,2-6,9H2,1H3,(H,13,14). The summed E-state index contributed by atoms with van der Waals surface area (Å²) >= 11 is 0.